The van der Waals surface area contributed by atoms with Crippen molar-refractivity contribution < 1.29 is 4.52 Å². The number of aromatic nitrogens is 1. The van der Waals surface area contributed by atoms with Gasteiger partial charge >= 0.3 is 0 Å². The first-order valence-corrected chi connectivity index (χ1v) is 8.25. The summed E-state index contributed by atoms with van der Waals surface area (Å²) in [6.45, 7) is 3.34. The van der Waals surface area contributed by atoms with Crippen molar-refractivity contribution >= 4 is 5.96 Å². The first kappa shape index (κ1) is 16.8. The van der Waals surface area contributed by atoms with Crippen molar-refractivity contribution in [1.29, 1.82) is 0 Å². The van der Waals surface area contributed by atoms with E-state index in [4.69, 9.17) is 4.52 Å². The minimum atomic E-state index is 0.546. The third kappa shape index (κ3) is 4.70. The van der Waals surface area contributed by atoms with E-state index < -0.39 is 0 Å². The van der Waals surface area contributed by atoms with E-state index in [-0.39, 0.29) is 0 Å². The summed E-state index contributed by atoms with van der Waals surface area (Å²) in [5, 5.41) is 10.6. The summed E-state index contributed by atoms with van der Waals surface area (Å²) >= 11 is 0. The minimum Gasteiger partial charge on any atom is -0.356 e. The number of guanidine groups is 1. The molecule has 128 valence electrons. The normalized spacial score (nSPS) is 11.4. The van der Waals surface area contributed by atoms with Crippen LogP contribution in [0, 0.1) is 6.92 Å². The maximum absolute atomic E-state index is 5.41. The summed E-state index contributed by atoms with van der Waals surface area (Å²) in [5.74, 6) is 1.49. The number of hydrogen-bond donors (Lipinski definition) is 2. The van der Waals surface area contributed by atoms with Crippen molar-refractivity contribution in [2.75, 3.05) is 7.05 Å². The van der Waals surface area contributed by atoms with E-state index in [0.717, 1.165) is 23.0 Å². The van der Waals surface area contributed by atoms with Gasteiger partial charge in [0, 0.05) is 25.2 Å². The third-order valence-electron chi connectivity index (χ3n) is 3.86. The predicted molar refractivity (Wildman–Crippen MR) is 100 cm³/mol. The van der Waals surface area contributed by atoms with Gasteiger partial charge in [-0.25, -0.2) is 0 Å². The molecule has 2 aromatic carbocycles. The third-order valence-corrected chi connectivity index (χ3v) is 3.86. The van der Waals surface area contributed by atoms with Crippen molar-refractivity contribution in [1.82, 2.24) is 15.8 Å². The van der Waals surface area contributed by atoms with Crippen LogP contribution in [0.4, 0.5) is 0 Å². The van der Waals surface area contributed by atoms with Gasteiger partial charge in [-0.05, 0) is 12.5 Å². The maximum Gasteiger partial charge on any atom is 0.191 e. The van der Waals surface area contributed by atoms with Crippen LogP contribution in [0.25, 0.3) is 11.3 Å². The number of nitrogens with zero attached hydrogens (tertiary/aromatic N) is 2. The van der Waals surface area contributed by atoms with E-state index >= 15 is 0 Å². The molecular weight excluding hydrogens is 312 g/mol. The molecule has 0 saturated carbocycles. The molecule has 0 bridgehead atoms. The van der Waals surface area contributed by atoms with Crippen LogP contribution in [0.3, 0.4) is 0 Å². The molecule has 5 nitrogen and oxygen atoms in total. The van der Waals surface area contributed by atoms with Crippen LogP contribution < -0.4 is 10.6 Å². The Kier molecular flexibility index (Phi) is 5.46. The van der Waals surface area contributed by atoms with Crippen LogP contribution in [-0.4, -0.2) is 18.2 Å². The van der Waals surface area contributed by atoms with Crippen LogP contribution in [-0.2, 0) is 13.1 Å². The SMILES string of the molecule is CN=C(NCc1ccc(C)cc1)NCc1cc(-c2ccccc2)on1. The Bertz CT molecular complexity index is 822. The lowest BCUT2D eigenvalue weighted by molar-refractivity contribution is 0.422. The van der Waals surface area contributed by atoms with Crippen molar-refractivity contribution in [2.24, 2.45) is 4.99 Å². The Hall–Kier alpha value is -3.08. The summed E-state index contributed by atoms with van der Waals surface area (Å²) in [6, 6.07) is 20.3. The summed E-state index contributed by atoms with van der Waals surface area (Å²) in [7, 11) is 1.75. The zero-order chi connectivity index (χ0) is 17.5. The van der Waals surface area contributed by atoms with Gasteiger partial charge in [-0.1, -0.05) is 65.3 Å². The van der Waals surface area contributed by atoms with Gasteiger partial charge in [-0.3, -0.25) is 4.99 Å². The highest BCUT2D eigenvalue weighted by atomic mass is 16.5. The summed E-state index contributed by atoms with van der Waals surface area (Å²) in [4.78, 5) is 4.24. The molecule has 3 rings (SSSR count). The molecule has 0 radical (unpaired) electrons. The first-order valence-electron chi connectivity index (χ1n) is 8.25. The van der Waals surface area contributed by atoms with Crippen LogP contribution in [0.1, 0.15) is 16.8 Å². The fourth-order valence-electron chi connectivity index (χ4n) is 2.42. The maximum atomic E-state index is 5.41. The second kappa shape index (κ2) is 8.15. The largest absolute Gasteiger partial charge is 0.356 e. The molecule has 5 heteroatoms. The molecule has 1 aromatic heterocycles. The number of benzene rings is 2. The average molecular weight is 334 g/mol. The van der Waals surface area contributed by atoms with Gasteiger partial charge in [0.15, 0.2) is 11.7 Å². The van der Waals surface area contributed by atoms with Gasteiger partial charge in [0.1, 0.15) is 5.69 Å². The van der Waals surface area contributed by atoms with Crippen molar-refractivity contribution in [3.8, 4) is 11.3 Å². The van der Waals surface area contributed by atoms with Crippen LogP contribution >= 0.6 is 0 Å². The lowest BCUT2D eigenvalue weighted by atomic mass is 10.1. The highest BCUT2D eigenvalue weighted by Crippen LogP contribution is 2.19. The number of rotatable bonds is 5. The lowest BCUT2D eigenvalue weighted by Gasteiger charge is -2.11. The molecule has 0 aliphatic carbocycles. The smallest absolute Gasteiger partial charge is 0.191 e. The predicted octanol–water partition coefficient (Wildman–Crippen LogP) is 3.52. The topological polar surface area (TPSA) is 62.5 Å². The molecule has 3 aromatic rings. The van der Waals surface area contributed by atoms with Crippen LogP contribution in [0.15, 0.2) is 70.2 Å². The highest BCUT2D eigenvalue weighted by molar-refractivity contribution is 5.79. The molecule has 0 amide bonds. The Morgan fingerprint density at radius 2 is 1.72 bits per heavy atom. The van der Waals surface area contributed by atoms with Gasteiger partial charge in [0.25, 0.3) is 0 Å². The summed E-state index contributed by atoms with van der Waals surface area (Å²) < 4.78 is 5.41. The molecule has 1 heterocycles. The van der Waals surface area contributed by atoms with Gasteiger partial charge in [-0.2, -0.15) is 0 Å². The number of nitrogens with one attached hydrogen (secondary N) is 2. The molecule has 0 saturated heterocycles. The highest BCUT2D eigenvalue weighted by Gasteiger charge is 2.07. The van der Waals surface area contributed by atoms with E-state index in [9.17, 15) is 0 Å². The van der Waals surface area contributed by atoms with E-state index in [0.29, 0.717) is 13.1 Å². The van der Waals surface area contributed by atoms with Crippen LogP contribution in [0.5, 0.6) is 0 Å². The van der Waals surface area contributed by atoms with Crippen molar-refractivity contribution in [3.05, 3.63) is 77.5 Å². The second-order valence-electron chi connectivity index (χ2n) is 5.81. The van der Waals surface area contributed by atoms with Gasteiger partial charge in [0.2, 0.25) is 0 Å². The standard InChI is InChI=1S/C20H22N4O/c1-15-8-10-16(11-9-15)13-22-20(21-2)23-14-18-12-19(25-24-18)17-6-4-3-5-7-17/h3-12H,13-14H2,1-2H3,(H2,21,22,23). The van der Waals surface area contributed by atoms with E-state index in [1.54, 1.807) is 7.05 Å². The Morgan fingerprint density at radius 1 is 1.00 bits per heavy atom. The molecule has 0 atom stereocenters. The second-order valence-corrected chi connectivity index (χ2v) is 5.81. The monoisotopic (exact) mass is 334 g/mol. The number of aryl methyl sites for hydroxylation is 1. The summed E-state index contributed by atoms with van der Waals surface area (Å²) in [6.07, 6.45) is 0. The van der Waals surface area contributed by atoms with E-state index in [2.05, 4.69) is 52.0 Å². The molecule has 2 N–H and O–H groups in total. The fourth-order valence-corrected chi connectivity index (χ4v) is 2.42. The van der Waals surface area contributed by atoms with Gasteiger partial charge < -0.3 is 15.2 Å². The average Bonchev–Trinajstić information content (AvgIpc) is 3.13. The molecule has 0 fully saturated rings. The van der Waals surface area contributed by atoms with Gasteiger partial charge in [0.05, 0.1) is 6.54 Å². The number of aliphatic imine (C=N–C) groups is 1. The lowest BCUT2D eigenvalue weighted by Crippen LogP contribution is -2.36. The zero-order valence-electron chi connectivity index (χ0n) is 14.5. The fraction of sp³-hybridized carbons (Fsp3) is 0.200. The quantitative estimate of drug-likeness (QED) is 0.554. The van der Waals surface area contributed by atoms with Crippen molar-refractivity contribution in [2.45, 2.75) is 20.0 Å². The Morgan fingerprint density at radius 3 is 2.44 bits per heavy atom. The number of hydrogen-bond acceptors (Lipinski definition) is 3. The van der Waals surface area contributed by atoms with Crippen LogP contribution in [0.2, 0.25) is 0 Å². The minimum absolute atomic E-state index is 0.546. The molecule has 0 spiro atoms. The summed E-state index contributed by atoms with van der Waals surface area (Å²) in [5.41, 5.74) is 4.31. The van der Waals surface area contributed by atoms with Crippen molar-refractivity contribution in [3.63, 3.8) is 0 Å². The Labute approximate surface area is 147 Å². The molecule has 0 unspecified atom stereocenters. The van der Waals surface area contributed by atoms with Gasteiger partial charge in [-0.15, -0.1) is 0 Å². The molecular formula is C20H22N4O. The first-order chi connectivity index (χ1) is 12.2. The zero-order valence-corrected chi connectivity index (χ0v) is 14.5. The molecule has 0 aliphatic heterocycles. The van der Waals surface area contributed by atoms with E-state index in [1.165, 1.54) is 11.1 Å². The Balaban J connectivity index is 1.53. The van der Waals surface area contributed by atoms with E-state index in [1.807, 2.05) is 36.4 Å². The molecule has 25 heavy (non-hydrogen) atoms. The molecule has 0 aliphatic rings.